The molecule has 2 N–H and O–H groups in total. The van der Waals surface area contributed by atoms with Crippen molar-refractivity contribution < 1.29 is 14.3 Å². The lowest BCUT2D eigenvalue weighted by Gasteiger charge is -2.13. The fourth-order valence-corrected chi connectivity index (χ4v) is 3.24. The summed E-state index contributed by atoms with van der Waals surface area (Å²) in [5.41, 5.74) is 2.66. The first-order chi connectivity index (χ1) is 16.1. The number of hydrogen-bond acceptors (Lipinski definition) is 8. The molecule has 0 unspecified atom stereocenters. The quantitative estimate of drug-likeness (QED) is 0.406. The van der Waals surface area contributed by atoms with Gasteiger partial charge in [-0.25, -0.2) is 14.6 Å². The van der Waals surface area contributed by atoms with Gasteiger partial charge in [-0.1, -0.05) is 22.9 Å². The van der Waals surface area contributed by atoms with Crippen molar-refractivity contribution >= 4 is 29.1 Å². The number of carbonyl (C=O) groups is 1. The van der Waals surface area contributed by atoms with E-state index in [-0.39, 0.29) is 12.5 Å². The highest BCUT2D eigenvalue weighted by Crippen LogP contribution is 2.31. The molecule has 0 saturated carbocycles. The molecule has 0 bridgehead atoms. The van der Waals surface area contributed by atoms with E-state index in [0.29, 0.717) is 33.6 Å². The lowest BCUT2D eigenvalue weighted by Crippen LogP contribution is -2.18. The molecular formula is C22H20ClN7O3. The molecule has 0 atom stereocenters. The lowest BCUT2D eigenvalue weighted by molar-refractivity contribution is 0.0962. The van der Waals surface area contributed by atoms with Crippen LogP contribution in [0.15, 0.2) is 61.2 Å². The molecule has 0 radical (unpaired) electrons. The molecule has 11 heteroatoms. The van der Waals surface area contributed by atoms with E-state index in [2.05, 4.69) is 30.9 Å². The van der Waals surface area contributed by atoms with E-state index in [0.717, 1.165) is 11.4 Å². The number of anilines is 2. The second-order valence-electron chi connectivity index (χ2n) is 6.78. The molecule has 2 heterocycles. The summed E-state index contributed by atoms with van der Waals surface area (Å²) in [7, 11) is 3.04. The van der Waals surface area contributed by atoms with E-state index in [9.17, 15) is 4.79 Å². The van der Waals surface area contributed by atoms with Gasteiger partial charge in [0.25, 0.3) is 5.91 Å². The molecule has 1 amide bonds. The zero-order valence-corrected chi connectivity index (χ0v) is 18.6. The summed E-state index contributed by atoms with van der Waals surface area (Å²) >= 11 is 6.37. The average Bonchev–Trinajstić information content (AvgIpc) is 3.39. The van der Waals surface area contributed by atoms with E-state index in [1.54, 1.807) is 48.6 Å². The number of carbonyl (C=O) groups excluding carboxylic acids is 1. The van der Waals surface area contributed by atoms with Crippen LogP contribution in [-0.2, 0) is 6.61 Å². The predicted molar refractivity (Wildman–Crippen MR) is 122 cm³/mol. The minimum absolute atomic E-state index is 0.107. The molecule has 0 saturated heterocycles. The maximum atomic E-state index is 12.0. The Morgan fingerprint density at radius 1 is 1.18 bits per heavy atom. The summed E-state index contributed by atoms with van der Waals surface area (Å²) in [6.45, 7) is 0.107. The molecule has 0 fully saturated rings. The average molecular weight is 466 g/mol. The van der Waals surface area contributed by atoms with Crippen molar-refractivity contribution in [3.8, 4) is 17.2 Å². The third-order valence-corrected chi connectivity index (χ3v) is 5.06. The number of nitrogens with one attached hydrogen (secondary N) is 2. The van der Waals surface area contributed by atoms with Crippen molar-refractivity contribution in [3.63, 3.8) is 0 Å². The number of rotatable bonds is 8. The SMILES string of the molecule is CNC(=O)c1cc(COc2cnc(Nc3cccc(-n4ccnn4)c3)nc2)c(Cl)c(OC)c1. The number of aromatic nitrogens is 5. The maximum Gasteiger partial charge on any atom is 0.251 e. The Morgan fingerprint density at radius 3 is 2.70 bits per heavy atom. The summed E-state index contributed by atoms with van der Waals surface area (Å²) in [6, 6.07) is 10.8. The molecule has 4 aromatic rings. The van der Waals surface area contributed by atoms with Gasteiger partial charge in [-0.15, -0.1) is 5.10 Å². The third-order valence-electron chi connectivity index (χ3n) is 4.64. The predicted octanol–water partition coefficient (Wildman–Crippen LogP) is 3.40. The number of methoxy groups -OCH3 is 1. The van der Waals surface area contributed by atoms with Crippen molar-refractivity contribution in [2.24, 2.45) is 0 Å². The van der Waals surface area contributed by atoms with E-state index < -0.39 is 0 Å². The van der Waals surface area contributed by atoms with Gasteiger partial charge in [-0.05, 0) is 30.3 Å². The van der Waals surface area contributed by atoms with Crippen molar-refractivity contribution in [1.29, 1.82) is 0 Å². The van der Waals surface area contributed by atoms with Gasteiger partial charge in [0.1, 0.15) is 12.4 Å². The monoisotopic (exact) mass is 465 g/mol. The first-order valence-electron chi connectivity index (χ1n) is 9.84. The zero-order chi connectivity index (χ0) is 23.2. The maximum absolute atomic E-state index is 12.0. The highest BCUT2D eigenvalue weighted by molar-refractivity contribution is 6.33. The summed E-state index contributed by atoms with van der Waals surface area (Å²) in [4.78, 5) is 20.6. The standard InChI is InChI=1S/C22H20ClN7O3/c1-24-21(31)14-8-15(20(23)19(9-14)32-2)13-33-18-11-25-22(26-12-18)28-16-4-3-5-17(10-16)30-7-6-27-29-30/h3-12H,13H2,1-2H3,(H,24,31)(H,25,26,28). The summed E-state index contributed by atoms with van der Waals surface area (Å²) in [5.74, 6) is 0.981. The van der Waals surface area contributed by atoms with Gasteiger partial charge >= 0.3 is 0 Å². The molecule has 2 aromatic carbocycles. The molecule has 0 aliphatic carbocycles. The number of hydrogen-bond donors (Lipinski definition) is 2. The highest BCUT2D eigenvalue weighted by Gasteiger charge is 2.14. The highest BCUT2D eigenvalue weighted by atomic mass is 35.5. The summed E-state index contributed by atoms with van der Waals surface area (Å²) in [5, 5.41) is 13.9. The second kappa shape index (κ2) is 9.96. The molecular weight excluding hydrogens is 446 g/mol. The largest absolute Gasteiger partial charge is 0.495 e. The molecule has 10 nitrogen and oxygen atoms in total. The van der Waals surface area contributed by atoms with Crippen LogP contribution in [0, 0.1) is 0 Å². The summed E-state index contributed by atoms with van der Waals surface area (Å²) < 4.78 is 12.7. The van der Waals surface area contributed by atoms with E-state index >= 15 is 0 Å². The van der Waals surface area contributed by atoms with Crippen LogP contribution in [-0.4, -0.2) is 45.0 Å². The van der Waals surface area contributed by atoms with Crippen LogP contribution in [0.3, 0.4) is 0 Å². The number of ether oxygens (including phenoxy) is 2. The van der Waals surface area contributed by atoms with Gasteiger partial charge in [-0.2, -0.15) is 0 Å². The van der Waals surface area contributed by atoms with E-state index in [1.165, 1.54) is 7.11 Å². The van der Waals surface area contributed by atoms with Crippen LogP contribution >= 0.6 is 11.6 Å². The van der Waals surface area contributed by atoms with Gasteiger partial charge < -0.3 is 20.1 Å². The van der Waals surface area contributed by atoms with Crippen molar-refractivity contribution in [1.82, 2.24) is 30.3 Å². The molecule has 0 spiro atoms. The molecule has 33 heavy (non-hydrogen) atoms. The molecule has 0 aliphatic rings. The minimum atomic E-state index is -0.252. The minimum Gasteiger partial charge on any atom is -0.495 e. The second-order valence-corrected chi connectivity index (χ2v) is 7.16. The van der Waals surface area contributed by atoms with Crippen molar-refractivity contribution in [2.75, 3.05) is 19.5 Å². The third kappa shape index (κ3) is 5.18. The van der Waals surface area contributed by atoms with Crippen molar-refractivity contribution in [3.05, 3.63) is 77.3 Å². The topological polar surface area (TPSA) is 116 Å². The van der Waals surface area contributed by atoms with Crippen LogP contribution in [0.25, 0.3) is 5.69 Å². The van der Waals surface area contributed by atoms with Gasteiger partial charge in [-0.3, -0.25) is 4.79 Å². The van der Waals surface area contributed by atoms with Gasteiger partial charge in [0.05, 0.1) is 42.6 Å². The Balaban J connectivity index is 1.44. The smallest absolute Gasteiger partial charge is 0.251 e. The van der Waals surface area contributed by atoms with Gasteiger partial charge in [0.2, 0.25) is 5.95 Å². The number of halogens is 1. The van der Waals surface area contributed by atoms with Gasteiger partial charge in [0, 0.05) is 23.9 Å². The Hall–Kier alpha value is -4.18. The Morgan fingerprint density at radius 2 is 2.00 bits per heavy atom. The van der Waals surface area contributed by atoms with E-state index in [1.807, 2.05) is 24.3 Å². The first kappa shape index (κ1) is 22.0. The Kier molecular flexibility index (Phi) is 6.65. The fraction of sp³-hybridized carbons (Fsp3) is 0.136. The molecule has 0 aliphatic heterocycles. The molecule has 4 rings (SSSR count). The Labute approximate surface area is 194 Å². The van der Waals surface area contributed by atoms with Crippen LogP contribution in [0.1, 0.15) is 15.9 Å². The molecule has 168 valence electrons. The van der Waals surface area contributed by atoms with Crippen LogP contribution < -0.4 is 20.1 Å². The molecule has 2 aromatic heterocycles. The number of nitrogens with zero attached hydrogens (tertiary/aromatic N) is 5. The van der Waals surface area contributed by atoms with Crippen LogP contribution in [0.2, 0.25) is 5.02 Å². The van der Waals surface area contributed by atoms with Crippen LogP contribution in [0.5, 0.6) is 11.5 Å². The van der Waals surface area contributed by atoms with Crippen LogP contribution in [0.4, 0.5) is 11.6 Å². The first-order valence-corrected chi connectivity index (χ1v) is 10.2. The van der Waals surface area contributed by atoms with Crippen molar-refractivity contribution in [2.45, 2.75) is 6.61 Å². The lowest BCUT2D eigenvalue weighted by atomic mass is 10.1. The number of benzene rings is 2. The normalized spacial score (nSPS) is 10.5. The zero-order valence-electron chi connectivity index (χ0n) is 17.8. The fourth-order valence-electron chi connectivity index (χ4n) is 3.00. The van der Waals surface area contributed by atoms with E-state index in [4.69, 9.17) is 21.1 Å². The number of amides is 1. The Bertz CT molecular complexity index is 1250. The summed E-state index contributed by atoms with van der Waals surface area (Å²) in [6.07, 6.45) is 6.46. The van der Waals surface area contributed by atoms with Gasteiger partial charge in [0.15, 0.2) is 5.75 Å².